The first-order valence-electron chi connectivity index (χ1n) is 10.5. The lowest BCUT2D eigenvalue weighted by Gasteiger charge is -2.26. The summed E-state index contributed by atoms with van der Waals surface area (Å²) in [6, 6.07) is 14.7. The lowest BCUT2D eigenvalue weighted by Crippen LogP contribution is -2.54. The molecule has 32 heavy (non-hydrogen) atoms. The molecule has 0 bridgehead atoms. The molecule has 0 fully saturated rings. The second-order valence-electron chi connectivity index (χ2n) is 7.48. The minimum Gasteiger partial charge on any atom is -0.494 e. The van der Waals surface area contributed by atoms with Crippen LogP contribution in [0.3, 0.4) is 0 Å². The molecular weight excluding hydrogens is 430 g/mol. The van der Waals surface area contributed by atoms with Gasteiger partial charge in [-0.25, -0.2) is 10.4 Å². The van der Waals surface area contributed by atoms with E-state index in [4.69, 9.17) is 26.2 Å². The standard InChI is InChI=1S/C24H28ClN3O4/c1-3-12-24(23(30)28-26-16-18-6-4-7-20(25)15-18)17(2)32-22(27-24)19-8-10-21(11-9-19)31-14-5-13-29/h3-4,6-11,15,17,26,29H,1,5,12-14,16H2,2H3,(H,28,30)/t17-,24-/m0/s1. The molecular formula is C24H28ClN3O4. The Morgan fingerprint density at radius 3 is 2.81 bits per heavy atom. The van der Waals surface area contributed by atoms with Crippen LogP contribution >= 0.6 is 11.6 Å². The van der Waals surface area contributed by atoms with Gasteiger partial charge in [-0.2, -0.15) is 0 Å². The quantitative estimate of drug-likeness (QED) is 0.273. The predicted molar refractivity (Wildman–Crippen MR) is 125 cm³/mol. The van der Waals surface area contributed by atoms with Crippen molar-refractivity contribution < 1.29 is 19.4 Å². The number of nitrogens with one attached hydrogen (secondary N) is 2. The lowest BCUT2D eigenvalue weighted by atomic mass is 9.90. The van der Waals surface area contributed by atoms with Crippen molar-refractivity contribution in [3.8, 4) is 5.75 Å². The molecule has 2 aromatic carbocycles. The Balaban J connectivity index is 1.70. The third-order valence-corrected chi connectivity index (χ3v) is 5.40. The molecule has 170 valence electrons. The van der Waals surface area contributed by atoms with Gasteiger partial charge in [0.15, 0.2) is 5.54 Å². The molecule has 0 radical (unpaired) electrons. The Bertz CT molecular complexity index is 964. The van der Waals surface area contributed by atoms with E-state index >= 15 is 0 Å². The first kappa shape index (κ1) is 23.8. The summed E-state index contributed by atoms with van der Waals surface area (Å²) in [5.41, 5.74) is 6.25. The van der Waals surface area contributed by atoms with E-state index in [9.17, 15) is 4.79 Å². The number of benzene rings is 2. The van der Waals surface area contributed by atoms with Gasteiger partial charge in [0.25, 0.3) is 5.91 Å². The summed E-state index contributed by atoms with van der Waals surface area (Å²) >= 11 is 6.01. The van der Waals surface area contributed by atoms with Crippen molar-refractivity contribution in [2.75, 3.05) is 13.2 Å². The second kappa shape index (κ2) is 11.1. The van der Waals surface area contributed by atoms with Crippen LogP contribution in [-0.4, -0.2) is 41.8 Å². The molecule has 1 amide bonds. The van der Waals surface area contributed by atoms with E-state index < -0.39 is 11.6 Å². The third-order valence-electron chi connectivity index (χ3n) is 5.17. The SMILES string of the molecule is C=CC[C@]1(C(=O)NNCc2cccc(Cl)c2)N=C(c2ccc(OCCCO)cc2)O[C@H]1C. The summed E-state index contributed by atoms with van der Waals surface area (Å²) in [6.07, 6.45) is 2.08. The van der Waals surface area contributed by atoms with Gasteiger partial charge in [-0.15, -0.1) is 6.58 Å². The number of aliphatic hydroxyl groups is 1. The van der Waals surface area contributed by atoms with Crippen LogP contribution in [0.1, 0.15) is 30.9 Å². The van der Waals surface area contributed by atoms with Crippen LogP contribution in [0.2, 0.25) is 5.02 Å². The topological polar surface area (TPSA) is 92.2 Å². The van der Waals surface area contributed by atoms with E-state index in [0.717, 1.165) is 11.1 Å². The highest BCUT2D eigenvalue weighted by Gasteiger charge is 2.49. The average Bonchev–Trinajstić information content (AvgIpc) is 3.12. The van der Waals surface area contributed by atoms with Crippen LogP contribution in [0.25, 0.3) is 0 Å². The molecule has 2 atom stereocenters. The zero-order valence-corrected chi connectivity index (χ0v) is 18.8. The summed E-state index contributed by atoms with van der Waals surface area (Å²) in [5.74, 6) is 0.784. The molecule has 0 aromatic heterocycles. The van der Waals surface area contributed by atoms with Gasteiger partial charge in [0.2, 0.25) is 5.90 Å². The zero-order chi connectivity index (χ0) is 23.0. The van der Waals surface area contributed by atoms with E-state index in [2.05, 4.69) is 22.4 Å². The van der Waals surface area contributed by atoms with Gasteiger partial charge in [0.05, 0.1) is 6.61 Å². The summed E-state index contributed by atoms with van der Waals surface area (Å²) in [7, 11) is 0. The molecule has 0 saturated heterocycles. The molecule has 1 aliphatic rings. The van der Waals surface area contributed by atoms with Crippen molar-refractivity contribution in [3.63, 3.8) is 0 Å². The number of carbonyl (C=O) groups is 1. The monoisotopic (exact) mass is 457 g/mol. The highest BCUT2D eigenvalue weighted by atomic mass is 35.5. The first-order chi connectivity index (χ1) is 15.5. The van der Waals surface area contributed by atoms with Gasteiger partial charge in [-0.05, 0) is 48.9 Å². The van der Waals surface area contributed by atoms with E-state index in [0.29, 0.717) is 42.7 Å². The number of hydrogen-bond donors (Lipinski definition) is 3. The highest BCUT2D eigenvalue weighted by molar-refractivity contribution is 6.30. The molecule has 0 aliphatic carbocycles. The number of ether oxygens (including phenoxy) is 2. The summed E-state index contributed by atoms with van der Waals surface area (Å²) in [6.45, 7) is 6.56. The van der Waals surface area contributed by atoms with E-state index in [1.165, 1.54) is 0 Å². The third kappa shape index (κ3) is 5.68. The molecule has 8 heteroatoms. The molecule has 3 N–H and O–H groups in total. The number of halogens is 1. The van der Waals surface area contributed by atoms with Gasteiger partial charge in [-0.3, -0.25) is 10.2 Å². The molecule has 2 aromatic rings. The maximum atomic E-state index is 13.1. The smallest absolute Gasteiger partial charge is 0.266 e. The van der Waals surface area contributed by atoms with E-state index in [-0.39, 0.29) is 12.5 Å². The van der Waals surface area contributed by atoms with Crippen molar-refractivity contribution in [1.82, 2.24) is 10.9 Å². The van der Waals surface area contributed by atoms with E-state index in [1.807, 2.05) is 49.4 Å². The van der Waals surface area contributed by atoms with Crippen molar-refractivity contribution in [2.24, 2.45) is 4.99 Å². The molecule has 0 spiro atoms. The summed E-state index contributed by atoms with van der Waals surface area (Å²) in [4.78, 5) is 17.8. The second-order valence-corrected chi connectivity index (χ2v) is 7.92. The van der Waals surface area contributed by atoms with Crippen molar-refractivity contribution in [3.05, 3.63) is 77.3 Å². The Morgan fingerprint density at radius 1 is 1.34 bits per heavy atom. The molecule has 1 aliphatic heterocycles. The number of aliphatic hydroxyl groups excluding tert-OH is 1. The predicted octanol–water partition coefficient (Wildman–Crippen LogP) is 3.40. The molecule has 7 nitrogen and oxygen atoms in total. The molecule has 3 rings (SSSR count). The van der Waals surface area contributed by atoms with E-state index in [1.54, 1.807) is 12.1 Å². The normalized spacial score (nSPS) is 19.7. The van der Waals surface area contributed by atoms with Crippen molar-refractivity contribution in [2.45, 2.75) is 38.0 Å². The molecule has 0 saturated carbocycles. The fourth-order valence-corrected chi connectivity index (χ4v) is 3.60. The van der Waals surface area contributed by atoms with Crippen LogP contribution in [0.15, 0.2) is 66.2 Å². The van der Waals surface area contributed by atoms with Crippen LogP contribution in [-0.2, 0) is 16.1 Å². The Labute approximate surface area is 193 Å². The largest absolute Gasteiger partial charge is 0.494 e. The van der Waals surface area contributed by atoms with Crippen molar-refractivity contribution in [1.29, 1.82) is 0 Å². The van der Waals surface area contributed by atoms with Gasteiger partial charge in [0, 0.05) is 36.6 Å². The number of carbonyl (C=O) groups excluding carboxylic acids is 1. The van der Waals surface area contributed by atoms with Gasteiger partial charge in [-0.1, -0.05) is 29.8 Å². The number of hydrogen-bond acceptors (Lipinski definition) is 6. The fraction of sp³-hybridized carbons (Fsp3) is 0.333. The Kier molecular flexibility index (Phi) is 8.27. The number of amides is 1. The molecule has 1 heterocycles. The Morgan fingerprint density at radius 2 is 2.12 bits per heavy atom. The maximum absolute atomic E-state index is 13.1. The minimum absolute atomic E-state index is 0.0853. The average molecular weight is 458 g/mol. The minimum atomic E-state index is -1.13. The highest BCUT2D eigenvalue weighted by Crippen LogP contribution is 2.32. The lowest BCUT2D eigenvalue weighted by molar-refractivity contribution is -0.129. The number of hydrazine groups is 1. The van der Waals surface area contributed by atoms with Gasteiger partial charge < -0.3 is 14.6 Å². The molecule has 0 unspecified atom stereocenters. The zero-order valence-electron chi connectivity index (χ0n) is 18.0. The van der Waals surface area contributed by atoms with Gasteiger partial charge >= 0.3 is 0 Å². The number of aliphatic imine (C=N–C) groups is 1. The van der Waals surface area contributed by atoms with Crippen molar-refractivity contribution >= 4 is 23.4 Å². The van der Waals surface area contributed by atoms with Crippen LogP contribution < -0.4 is 15.6 Å². The summed E-state index contributed by atoms with van der Waals surface area (Å²) < 4.78 is 11.5. The number of rotatable bonds is 11. The Hall–Kier alpha value is -2.87. The first-order valence-corrected chi connectivity index (χ1v) is 10.9. The van der Waals surface area contributed by atoms with Crippen LogP contribution in [0.4, 0.5) is 0 Å². The van der Waals surface area contributed by atoms with Crippen LogP contribution in [0.5, 0.6) is 5.75 Å². The number of nitrogens with zero attached hydrogens (tertiary/aromatic N) is 1. The summed E-state index contributed by atoms with van der Waals surface area (Å²) in [5, 5.41) is 9.49. The maximum Gasteiger partial charge on any atom is 0.266 e. The van der Waals surface area contributed by atoms with Gasteiger partial charge in [0.1, 0.15) is 11.9 Å². The van der Waals surface area contributed by atoms with Crippen LogP contribution in [0, 0.1) is 0 Å². The fourth-order valence-electron chi connectivity index (χ4n) is 3.39.